The van der Waals surface area contributed by atoms with E-state index < -0.39 is 12.1 Å². The average molecular weight is 180 g/mol. The number of primary amides is 1. The predicted molar refractivity (Wildman–Crippen MR) is 48.4 cm³/mol. The molecule has 0 spiro atoms. The number of rotatable bonds is 4. The van der Waals surface area contributed by atoms with Crippen LogP contribution in [0.15, 0.2) is 30.3 Å². The molecule has 1 aromatic carbocycles. The van der Waals surface area contributed by atoms with E-state index in [-0.39, 0.29) is 0 Å². The molecule has 70 valence electrons. The van der Waals surface area contributed by atoms with Gasteiger partial charge in [0.1, 0.15) is 0 Å². The van der Waals surface area contributed by atoms with Crippen LogP contribution in [0.1, 0.15) is 5.56 Å². The highest BCUT2D eigenvalue weighted by Gasteiger charge is 2.08. The summed E-state index contributed by atoms with van der Waals surface area (Å²) < 4.78 is 4.99. The quantitative estimate of drug-likeness (QED) is 0.639. The summed E-state index contributed by atoms with van der Waals surface area (Å²) in [4.78, 5) is 10.5. The van der Waals surface area contributed by atoms with Crippen LogP contribution in [-0.4, -0.2) is 12.1 Å². The highest BCUT2D eigenvalue weighted by molar-refractivity contribution is 5.78. The van der Waals surface area contributed by atoms with Crippen LogP contribution in [0, 0.1) is 0 Å². The molecule has 0 bridgehead atoms. The van der Waals surface area contributed by atoms with E-state index in [0.717, 1.165) is 5.56 Å². The number of nitrogens with two attached hydrogens (primary N) is 2. The summed E-state index contributed by atoms with van der Waals surface area (Å²) in [5.74, 6) is -0.657. The molecule has 0 aliphatic carbocycles. The summed E-state index contributed by atoms with van der Waals surface area (Å²) in [6.07, 6.45) is -1.03. The molecule has 0 fully saturated rings. The maximum Gasteiger partial charge on any atom is 0.261 e. The molecule has 0 heterocycles. The summed E-state index contributed by atoms with van der Waals surface area (Å²) in [7, 11) is 0. The Kier molecular flexibility index (Phi) is 3.42. The van der Waals surface area contributed by atoms with Crippen molar-refractivity contribution in [1.82, 2.24) is 0 Å². The molecular weight excluding hydrogens is 168 g/mol. The van der Waals surface area contributed by atoms with Crippen molar-refractivity contribution in [1.29, 1.82) is 0 Å². The molecule has 4 nitrogen and oxygen atoms in total. The second kappa shape index (κ2) is 4.59. The molecule has 4 N–H and O–H groups in total. The molecule has 1 unspecified atom stereocenters. The normalized spacial score (nSPS) is 12.4. The Morgan fingerprint density at radius 3 is 2.54 bits per heavy atom. The predicted octanol–water partition coefficient (Wildman–Crippen LogP) is -0.0267. The van der Waals surface area contributed by atoms with E-state index in [0.29, 0.717) is 6.61 Å². The number of hydrogen-bond donors (Lipinski definition) is 2. The second-order valence-electron chi connectivity index (χ2n) is 2.62. The Labute approximate surface area is 76.5 Å². The molecule has 0 saturated carbocycles. The molecule has 1 amide bonds. The molecule has 1 rings (SSSR count). The maximum absolute atomic E-state index is 10.5. The second-order valence-corrected chi connectivity index (χ2v) is 2.62. The molecule has 0 saturated heterocycles. The minimum Gasteiger partial charge on any atom is -0.366 e. The third-order valence-electron chi connectivity index (χ3n) is 1.55. The van der Waals surface area contributed by atoms with E-state index in [9.17, 15) is 4.79 Å². The van der Waals surface area contributed by atoms with Crippen LogP contribution < -0.4 is 11.5 Å². The SMILES string of the molecule is NC(=O)C(N)OCc1ccccc1. The van der Waals surface area contributed by atoms with Crippen molar-refractivity contribution in [3.05, 3.63) is 35.9 Å². The fraction of sp³-hybridized carbons (Fsp3) is 0.222. The zero-order chi connectivity index (χ0) is 9.68. The van der Waals surface area contributed by atoms with Gasteiger partial charge in [0.15, 0.2) is 6.23 Å². The van der Waals surface area contributed by atoms with Gasteiger partial charge in [0.25, 0.3) is 5.91 Å². The van der Waals surface area contributed by atoms with E-state index in [2.05, 4.69) is 0 Å². The summed E-state index contributed by atoms with van der Waals surface area (Å²) in [5, 5.41) is 0. The fourth-order valence-electron chi connectivity index (χ4n) is 0.842. The number of hydrogen-bond acceptors (Lipinski definition) is 3. The lowest BCUT2D eigenvalue weighted by molar-refractivity contribution is -0.129. The van der Waals surface area contributed by atoms with Crippen molar-refractivity contribution >= 4 is 5.91 Å². The Morgan fingerprint density at radius 2 is 2.00 bits per heavy atom. The minimum atomic E-state index is -1.03. The van der Waals surface area contributed by atoms with Crippen molar-refractivity contribution in [2.24, 2.45) is 11.5 Å². The lowest BCUT2D eigenvalue weighted by atomic mass is 10.2. The van der Waals surface area contributed by atoms with Gasteiger partial charge in [0, 0.05) is 0 Å². The zero-order valence-electron chi connectivity index (χ0n) is 7.14. The monoisotopic (exact) mass is 180 g/mol. The third kappa shape index (κ3) is 3.23. The topological polar surface area (TPSA) is 78.3 Å². The number of carbonyl (C=O) groups excluding carboxylic acids is 1. The van der Waals surface area contributed by atoms with Gasteiger partial charge in [-0.15, -0.1) is 0 Å². The van der Waals surface area contributed by atoms with Crippen molar-refractivity contribution in [2.75, 3.05) is 0 Å². The van der Waals surface area contributed by atoms with Gasteiger partial charge < -0.3 is 10.5 Å². The van der Waals surface area contributed by atoms with Crippen LogP contribution in [-0.2, 0) is 16.1 Å². The van der Waals surface area contributed by atoms with E-state index in [1.807, 2.05) is 30.3 Å². The molecule has 4 heteroatoms. The van der Waals surface area contributed by atoms with Gasteiger partial charge in [-0.25, -0.2) is 0 Å². The van der Waals surface area contributed by atoms with Gasteiger partial charge in [0.05, 0.1) is 6.61 Å². The van der Waals surface area contributed by atoms with Crippen molar-refractivity contribution in [3.63, 3.8) is 0 Å². The van der Waals surface area contributed by atoms with Crippen LogP contribution in [0.25, 0.3) is 0 Å². The molecule has 1 aromatic rings. The van der Waals surface area contributed by atoms with Crippen molar-refractivity contribution in [3.8, 4) is 0 Å². The third-order valence-corrected chi connectivity index (χ3v) is 1.55. The highest BCUT2D eigenvalue weighted by Crippen LogP contribution is 2.00. The number of carbonyl (C=O) groups is 1. The number of amides is 1. The van der Waals surface area contributed by atoms with Crippen LogP contribution in [0.4, 0.5) is 0 Å². The summed E-state index contributed by atoms with van der Waals surface area (Å²) >= 11 is 0. The molecular formula is C9H12N2O2. The van der Waals surface area contributed by atoms with Gasteiger partial charge >= 0.3 is 0 Å². The van der Waals surface area contributed by atoms with Gasteiger partial charge in [0.2, 0.25) is 0 Å². The van der Waals surface area contributed by atoms with Crippen LogP contribution in [0.5, 0.6) is 0 Å². The maximum atomic E-state index is 10.5. The summed E-state index contributed by atoms with van der Waals surface area (Å²) in [6.45, 7) is 0.297. The Bertz CT molecular complexity index is 274. The zero-order valence-corrected chi connectivity index (χ0v) is 7.14. The molecule has 1 atom stereocenters. The molecule has 0 aromatic heterocycles. The van der Waals surface area contributed by atoms with Crippen LogP contribution >= 0.6 is 0 Å². The van der Waals surface area contributed by atoms with Gasteiger partial charge in [-0.3, -0.25) is 10.5 Å². The van der Waals surface area contributed by atoms with Crippen molar-refractivity contribution in [2.45, 2.75) is 12.8 Å². The average Bonchev–Trinajstić information content (AvgIpc) is 2.15. The lowest BCUT2D eigenvalue weighted by Gasteiger charge is -2.08. The first-order chi connectivity index (χ1) is 6.20. The Balaban J connectivity index is 2.39. The first-order valence-corrected chi connectivity index (χ1v) is 3.90. The Morgan fingerprint density at radius 1 is 1.38 bits per heavy atom. The largest absolute Gasteiger partial charge is 0.366 e. The summed E-state index contributed by atoms with van der Waals surface area (Å²) in [5.41, 5.74) is 11.1. The van der Waals surface area contributed by atoms with E-state index in [4.69, 9.17) is 16.2 Å². The van der Waals surface area contributed by atoms with E-state index in [1.54, 1.807) is 0 Å². The first-order valence-electron chi connectivity index (χ1n) is 3.90. The smallest absolute Gasteiger partial charge is 0.261 e. The fourth-order valence-corrected chi connectivity index (χ4v) is 0.842. The van der Waals surface area contributed by atoms with Gasteiger partial charge in [-0.1, -0.05) is 30.3 Å². The first kappa shape index (κ1) is 9.70. The highest BCUT2D eigenvalue weighted by atomic mass is 16.5. The minimum absolute atomic E-state index is 0.297. The Hall–Kier alpha value is -1.39. The van der Waals surface area contributed by atoms with Crippen LogP contribution in [0.2, 0.25) is 0 Å². The number of benzene rings is 1. The standard InChI is InChI=1S/C9H12N2O2/c10-8(12)9(11)13-6-7-4-2-1-3-5-7/h1-5,9H,6,11H2,(H2,10,12). The van der Waals surface area contributed by atoms with Crippen LogP contribution in [0.3, 0.4) is 0 Å². The van der Waals surface area contributed by atoms with Crippen molar-refractivity contribution < 1.29 is 9.53 Å². The molecule has 13 heavy (non-hydrogen) atoms. The van der Waals surface area contributed by atoms with E-state index in [1.165, 1.54) is 0 Å². The van der Waals surface area contributed by atoms with E-state index >= 15 is 0 Å². The molecule has 0 radical (unpaired) electrons. The molecule has 0 aliphatic heterocycles. The van der Waals surface area contributed by atoms with Gasteiger partial charge in [-0.2, -0.15) is 0 Å². The number of ether oxygens (including phenoxy) is 1. The van der Waals surface area contributed by atoms with Gasteiger partial charge in [-0.05, 0) is 5.56 Å². The lowest BCUT2D eigenvalue weighted by Crippen LogP contribution is -2.38. The summed E-state index contributed by atoms with van der Waals surface area (Å²) in [6, 6.07) is 9.43. The molecule has 0 aliphatic rings.